The predicted octanol–water partition coefficient (Wildman–Crippen LogP) is 2.41. The Labute approximate surface area is 84.4 Å². The molecule has 0 saturated carbocycles. The minimum Gasteiger partial charge on any atom is -0.352 e. The fourth-order valence-electron chi connectivity index (χ4n) is 1.19. The van der Waals surface area contributed by atoms with Gasteiger partial charge in [-0.2, -0.15) is 0 Å². The van der Waals surface area contributed by atoms with E-state index >= 15 is 0 Å². The Kier molecular flexibility index (Phi) is 3.80. The summed E-state index contributed by atoms with van der Waals surface area (Å²) < 4.78 is 10.3. The number of nitrogens with zero attached hydrogens (tertiary/aromatic N) is 1. The quantitative estimate of drug-likeness (QED) is 0.688. The molecular formula is C11H15NO2. The van der Waals surface area contributed by atoms with E-state index < -0.39 is 0 Å². The molecule has 3 heteroatoms. The third-order valence-corrected chi connectivity index (χ3v) is 1.95. The van der Waals surface area contributed by atoms with Crippen molar-refractivity contribution in [3.63, 3.8) is 0 Å². The largest absolute Gasteiger partial charge is 0.352 e. The van der Waals surface area contributed by atoms with Gasteiger partial charge in [-0.25, -0.2) is 0 Å². The summed E-state index contributed by atoms with van der Waals surface area (Å²) in [4.78, 5) is 4.10. The van der Waals surface area contributed by atoms with Crippen molar-refractivity contribution in [3.8, 4) is 0 Å². The van der Waals surface area contributed by atoms with Crippen LogP contribution in [0.25, 0.3) is 5.57 Å². The van der Waals surface area contributed by atoms with E-state index in [-0.39, 0.29) is 6.29 Å². The van der Waals surface area contributed by atoms with Gasteiger partial charge in [0.05, 0.1) is 0 Å². The minimum atomic E-state index is -0.359. The van der Waals surface area contributed by atoms with Crippen LogP contribution in [0.2, 0.25) is 0 Å². The summed E-state index contributed by atoms with van der Waals surface area (Å²) in [5.41, 5.74) is 2.88. The maximum Gasteiger partial charge on any atom is 0.184 e. The average Bonchev–Trinajstić information content (AvgIpc) is 2.20. The highest BCUT2D eigenvalue weighted by Gasteiger charge is 2.09. The van der Waals surface area contributed by atoms with Gasteiger partial charge in [0.2, 0.25) is 0 Å². The highest BCUT2D eigenvalue weighted by molar-refractivity contribution is 5.60. The van der Waals surface area contributed by atoms with Gasteiger partial charge >= 0.3 is 0 Å². The molecule has 0 fully saturated rings. The van der Waals surface area contributed by atoms with Crippen molar-refractivity contribution in [1.29, 1.82) is 0 Å². The molecule has 0 N–H and O–H groups in total. The molecule has 14 heavy (non-hydrogen) atoms. The third-order valence-electron chi connectivity index (χ3n) is 1.95. The molecule has 76 valence electrons. The van der Waals surface area contributed by atoms with Crippen LogP contribution in [0.3, 0.4) is 0 Å². The van der Waals surface area contributed by atoms with Crippen LogP contribution in [-0.2, 0) is 9.47 Å². The second-order valence-electron chi connectivity index (χ2n) is 3.09. The summed E-state index contributed by atoms with van der Waals surface area (Å²) in [5.74, 6) is 0. The number of pyridine rings is 1. The minimum absolute atomic E-state index is 0.359. The van der Waals surface area contributed by atoms with Crippen molar-refractivity contribution in [2.24, 2.45) is 0 Å². The van der Waals surface area contributed by atoms with Gasteiger partial charge in [-0.3, -0.25) is 4.98 Å². The highest BCUT2D eigenvalue weighted by Crippen LogP contribution is 2.19. The number of methoxy groups -OCH3 is 2. The molecule has 1 aromatic rings. The van der Waals surface area contributed by atoms with Gasteiger partial charge in [0.15, 0.2) is 6.29 Å². The van der Waals surface area contributed by atoms with Crippen molar-refractivity contribution in [3.05, 3.63) is 36.2 Å². The van der Waals surface area contributed by atoms with Crippen molar-refractivity contribution in [1.82, 2.24) is 4.98 Å². The first kappa shape index (κ1) is 10.9. The summed E-state index contributed by atoms with van der Waals surface area (Å²) in [6.45, 7) is 5.80. The van der Waals surface area contributed by atoms with E-state index in [9.17, 15) is 0 Å². The van der Waals surface area contributed by atoms with E-state index in [4.69, 9.17) is 9.47 Å². The Bertz CT molecular complexity index is 319. The summed E-state index contributed by atoms with van der Waals surface area (Å²) in [6.07, 6.45) is 3.14. The normalized spacial score (nSPS) is 10.6. The monoisotopic (exact) mass is 193 g/mol. The van der Waals surface area contributed by atoms with E-state index in [0.717, 1.165) is 16.7 Å². The number of ether oxygens (including phenoxy) is 2. The Balaban J connectivity index is 2.98. The van der Waals surface area contributed by atoms with Crippen LogP contribution in [0, 0.1) is 0 Å². The van der Waals surface area contributed by atoms with Crippen molar-refractivity contribution in [2.45, 2.75) is 13.2 Å². The van der Waals surface area contributed by atoms with Gasteiger partial charge in [-0.1, -0.05) is 6.58 Å². The SMILES string of the molecule is C=C(C)c1cncc(C(OC)OC)c1. The molecular weight excluding hydrogens is 178 g/mol. The summed E-state index contributed by atoms with van der Waals surface area (Å²) >= 11 is 0. The Morgan fingerprint density at radius 2 is 2.00 bits per heavy atom. The zero-order valence-electron chi connectivity index (χ0n) is 8.78. The van der Waals surface area contributed by atoms with Crippen molar-refractivity contribution in [2.75, 3.05) is 14.2 Å². The molecule has 0 bridgehead atoms. The van der Waals surface area contributed by atoms with Crippen LogP contribution in [-0.4, -0.2) is 19.2 Å². The number of hydrogen-bond acceptors (Lipinski definition) is 3. The molecule has 0 aliphatic carbocycles. The standard InChI is InChI=1S/C11H15NO2/c1-8(2)9-5-10(7-12-6-9)11(13-3)14-4/h5-7,11H,1H2,2-4H3. The lowest BCUT2D eigenvalue weighted by molar-refractivity contribution is -0.106. The summed E-state index contributed by atoms with van der Waals surface area (Å²) in [7, 11) is 3.20. The predicted molar refractivity (Wildman–Crippen MR) is 55.7 cm³/mol. The molecule has 1 heterocycles. The fraction of sp³-hybridized carbons (Fsp3) is 0.364. The van der Waals surface area contributed by atoms with Crippen LogP contribution >= 0.6 is 0 Å². The molecule has 0 amide bonds. The highest BCUT2D eigenvalue weighted by atomic mass is 16.7. The summed E-state index contributed by atoms with van der Waals surface area (Å²) in [6, 6.07) is 1.97. The second kappa shape index (κ2) is 4.88. The van der Waals surface area contributed by atoms with Crippen LogP contribution < -0.4 is 0 Å². The van der Waals surface area contributed by atoms with E-state index in [0.29, 0.717) is 0 Å². The third kappa shape index (κ3) is 2.40. The van der Waals surface area contributed by atoms with E-state index in [1.54, 1.807) is 26.6 Å². The van der Waals surface area contributed by atoms with Crippen molar-refractivity contribution >= 4 is 5.57 Å². The lowest BCUT2D eigenvalue weighted by Crippen LogP contribution is -2.04. The molecule has 0 spiro atoms. The number of hydrogen-bond donors (Lipinski definition) is 0. The van der Waals surface area contributed by atoms with Gasteiger partial charge in [-0.15, -0.1) is 0 Å². The molecule has 1 aromatic heterocycles. The molecule has 0 saturated heterocycles. The van der Waals surface area contributed by atoms with Crippen LogP contribution in [0.15, 0.2) is 25.0 Å². The smallest absolute Gasteiger partial charge is 0.184 e. The first-order chi connectivity index (χ1) is 6.69. The molecule has 1 rings (SSSR count). The van der Waals surface area contributed by atoms with Gasteiger partial charge in [0.25, 0.3) is 0 Å². The Morgan fingerprint density at radius 1 is 1.36 bits per heavy atom. The topological polar surface area (TPSA) is 31.4 Å². The number of aromatic nitrogens is 1. The fourth-order valence-corrected chi connectivity index (χ4v) is 1.19. The van der Waals surface area contributed by atoms with E-state index in [1.807, 2.05) is 13.0 Å². The first-order valence-corrected chi connectivity index (χ1v) is 4.35. The lowest BCUT2D eigenvalue weighted by Gasteiger charge is -2.13. The van der Waals surface area contributed by atoms with Gasteiger partial charge < -0.3 is 9.47 Å². The first-order valence-electron chi connectivity index (χ1n) is 4.35. The van der Waals surface area contributed by atoms with Gasteiger partial charge in [-0.05, 0) is 24.1 Å². The zero-order valence-corrected chi connectivity index (χ0v) is 8.78. The van der Waals surface area contributed by atoms with Crippen LogP contribution in [0.1, 0.15) is 24.3 Å². The Hall–Kier alpha value is -1.19. The summed E-state index contributed by atoms with van der Waals surface area (Å²) in [5, 5.41) is 0. The number of allylic oxidation sites excluding steroid dienone is 1. The van der Waals surface area contributed by atoms with Crippen LogP contribution in [0.5, 0.6) is 0 Å². The number of rotatable bonds is 4. The Morgan fingerprint density at radius 3 is 2.50 bits per heavy atom. The molecule has 0 unspecified atom stereocenters. The molecule has 0 aliphatic heterocycles. The van der Waals surface area contributed by atoms with E-state index in [2.05, 4.69) is 11.6 Å². The second-order valence-corrected chi connectivity index (χ2v) is 3.09. The van der Waals surface area contributed by atoms with Crippen molar-refractivity contribution < 1.29 is 9.47 Å². The zero-order chi connectivity index (χ0) is 10.6. The molecule has 0 atom stereocenters. The maximum absolute atomic E-state index is 5.13. The lowest BCUT2D eigenvalue weighted by atomic mass is 10.1. The molecule has 3 nitrogen and oxygen atoms in total. The average molecular weight is 193 g/mol. The molecule has 0 aliphatic rings. The van der Waals surface area contributed by atoms with Gasteiger partial charge in [0, 0.05) is 32.2 Å². The molecule has 0 radical (unpaired) electrons. The molecule has 0 aromatic carbocycles. The van der Waals surface area contributed by atoms with Gasteiger partial charge in [0.1, 0.15) is 0 Å². The van der Waals surface area contributed by atoms with Crippen LogP contribution in [0.4, 0.5) is 0 Å². The maximum atomic E-state index is 5.13. The van der Waals surface area contributed by atoms with E-state index in [1.165, 1.54) is 0 Å².